The molecule has 0 saturated carbocycles. The fraction of sp³-hybridized carbons (Fsp3) is 0.409. The van der Waals surface area contributed by atoms with Crippen molar-refractivity contribution in [1.29, 1.82) is 0 Å². The van der Waals surface area contributed by atoms with E-state index in [0.717, 1.165) is 41.4 Å². The number of primary sulfonamides is 1. The predicted octanol–water partition coefficient (Wildman–Crippen LogP) is 2.73. The number of nitrogens with zero attached hydrogens (tertiary/aromatic N) is 1. The minimum absolute atomic E-state index is 0.0986. The lowest BCUT2D eigenvalue weighted by molar-refractivity contribution is 0.240. The second-order valence-electron chi connectivity index (χ2n) is 7.34. The largest absolute Gasteiger partial charge is 0.491 e. The topological polar surface area (TPSA) is 106 Å². The monoisotopic (exact) mass is 432 g/mol. The van der Waals surface area contributed by atoms with Crippen LogP contribution in [-0.4, -0.2) is 33.6 Å². The Morgan fingerprint density at radius 1 is 1.13 bits per heavy atom. The molecule has 30 heavy (non-hydrogen) atoms. The van der Waals surface area contributed by atoms with Crippen LogP contribution in [0.5, 0.6) is 5.75 Å². The molecular weight excluding hydrogens is 400 g/mol. The molecule has 0 radical (unpaired) electrons. The van der Waals surface area contributed by atoms with Crippen LogP contribution in [0.1, 0.15) is 37.5 Å². The quantitative estimate of drug-likeness (QED) is 0.417. The molecule has 2 aromatic carbocycles. The second kappa shape index (κ2) is 11.0. The molecule has 0 saturated heterocycles. The van der Waals surface area contributed by atoms with Crippen molar-refractivity contribution < 1.29 is 13.2 Å². The molecule has 0 aliphatic rings. The number of benzene rings is 2. The maximum atomic E-state index is 11.3. The molecule has 8 heteroatoms. The average Bonchev–Trinajstić information content (AvgIpc) is 2.66. The Morgan fingerprint density at radius 2 is 1.83 bits per heavy atom. The molecule has 4 N–H and O–H groups in total. The van der Waals surface area contributed by atoms with Gasteiger partial charge in [0.1, 0.15) is 5.75 Å². The number of aliphatic imine (C=N–C) groups is 1. The Kier molecular flexibility index (Phi) is 8.68. The van der Waals surface area contributed by atoms with E-state index in [-0.39, 0.29) is 11.0 Å². The van der Waals surface area contributed by atoms with E-state index in [4.69, 9.17) is 9.88 Å². The van der Waals surface area contributed by atoms with Crippen molar-refractivity contribution >= 4 is 16.0 Å². The van der Waals surface area contributed by atoms with Crippen LogP contribution in [0.4, 0.5) is 0 Å². The summed E-state index contributed by atoms with van der Waals surface area (Å²) < 4.78 is 28.6. The Labute approximate surface area is 179 Å². The van der Waals surface area contributed by atoms with Crippen LogP contribution in [0, 0.1) is 6.92 Å². The number of hydrogen-bond donors (Lipinski definition) is 3. The van der Waals surface area contributed by atoms with Gasteiger partial charge in [0.05, 0.1) is 17.5 Å². The summed E-state index contributed by atoms with van der Waals surface area (Å²) in [6.07, 6.45) is 0.822. The molecule has 2 rings (SSSR count). The van der Waals surface area contributed by atoms with Gasteiger partial charge in [-0.05, 0) is 63.4 Å². The van der Waals surface area contributed by atoms with Gasteiger partial charge < -0.3 is 15.4 Å². The van der Waals surface area contributed by atoms with Crippen molar-refractivity contribution in [1.82, 2.24) is 10.6 Å². The van der Waals surface area contributed by atoms with Crippen LogP contribution < -0.4 is 20.5 Å². The zero-order chi connectivity index (χ0) is 22.1. The summed E-state index contributed by atoms with van der Waals surface area (Å²) in [5.41, 5.74) is 3.19. The Morgan fingerprint density at radius 3 is 2.43 bits per heavy atom. The highest BCUT2D eigenvalue weighted by molar-refractivity contribution is 7.89. The van der Waals surface area contributed by atoms with Crippen molar-refractivity contribution in [2.45, 2.75) is 51.7 Å². The number of rotatable bonds is 9. The van der Waals surface area contributed by atoms with Gasteiger partial charge in [0, 0.05) is 18.7 Å². The van der Waals surface area contributed by atoms with Crippen LogP contribution in [0.2, 0.25) is 0 Å². The number of hydrogen-bond acceptors (Lipinski definition) is 4. The van der Waals surface area contributed by atoms with Crippen molar-refractivity contribution in [3.63, 3.8) is 0 Å². The Hall–Kier alpha value is -2.58. The number of nitrogens with one attached hydrogen (secondary N) is 2. The fourth-order valence-corrected chi connectivity index (χ4v) is 3.35. The molecule has 0 unspecified atom stereocenters. The number of ether oxygens (including phenoxy) is 1. The summed E-state index contributed by atoms with van der Waals surface area (Å²) in [5.74, 6) is 1.58. The van der Waals surface area contributed by atoms with Gasteiger partial charge in [-0.15, -0.1) is 0 Å². The molecule has 7 nitrogen and oxygen atoms in total. The molecular formula is C22H32N4O3S. The second-order valence-corrected chi connectivity index (χ2v) is 8.90. The van der Waals surface area contributed by atoms with Gasteiger partial charge in [0.25, 0.3) is 0 Å². The van der Waals surface area contributed by atoms with Crippen LogP contribution in [-0.2, 0) is 23.0 Å². The molecule has 0 heterocycles. The van der Waals surface area contributed by atoms with Crippen molar-refractivity contribution in [3.8, 4) is 5.75 Å². The molecule has 2 aromatic rings. The standard InChI is InChI=1S/C22H32N4O3S/c1-5-24-22(25-13-12-18-7-10-20(11-8-18)30(23,27)28)26-15-19-9-6-17(4)14-21(19)29-16(2)3/h6-11,14,16H,5,12-13,15H2,1-4H3,(H2,23,27,28)(H2,24,25,26). The first kappa shape index (κ1) is 23.7. The SMILES string of the molecule is CCNC(=NCc1ccc(C)cc1OC(C)C)NCCc1ccc(S(N)(=O)=O)cc1. The summed E-state index contributed by atoms with van der Waals surface area (Å²) >= 11 is 0. The number of sulfonamides is 1. The summed E-state index contributed by atoms with van der Waals surface area (Å²) in [7, 11) is -3.66. The van der Waals surface area contributed by atoms with E-state index in [1.54, 1.807) is 12.1 Å². The third-order valence-electron chi connectivity index (χ3n) is 4.30. The highest BCUT2D eigenvalue weighted by atomic mass is 32.2. The van der Waals surface area contributed by atoms with Crippen LogP contribution in [0.15, 0.2) is 52.4 Å². The van der Waals surface area contributed by atoms with Crippen molar-refractivity contribution in [3.05, 3.63) is 59.2 Å². The van der Waals surface area contributed by atoms with Gasteiger partial charge in [-0.3, -0.25) is 0 Å². The summed E-state index contributed by atoms with van der Waals surface area (Å²) in [5, 5.41) is 11.7. The van der Waals surface area contributed by atoms with E-state index in [2.05, 4.69) is 21.7 Å². The molecule has 0 aromatic heterocycles. The molecule has 164 valence electrons. The molecule has 0 atom stereocenters. The third-order valence-corrected chi connectivity index (χ3v) is 5.22. The molecule has 0 aliphatic heterocycles. The first-order valence-corrected chi connectivity index (χ1v) is 11.6. The van der Waals surface area contributed by atoms with Gasteiger partial charge in [-0.25, -0.2) is 18.5 Å². The fourth-order valence-electron chi connectivity index (χ4n) is 2.83. The van der Waals surface area contributed by atoms with Crippen LogP contribution in [0.3, 0.4) is 0 Å². The maximum Gasteiger partial charge on any atom is 0.238 e. The van der Waals surface area contributed by atoms with E-state index in [0.29, 0.717) is 13.1 Å². The average molecular weight is 433 g/mol. The Balaban J connectivity index is 2.00. The number of nitrogens with two attached hydrogens (primary N) is 1. The van der Waals surface area contributed by atoms with Gasteiger partial charge in [-0.2, -0.15) is 0 Å². The zero-order valence-corrected chi connectivity index (χ0v) is 18.9. The lowest BCUT2D eigenvalue weighted by Crippen LogP contribution is -2.38. The summed E-state index contributed by atoms with van der Waals surface area (Å²) in [6, 6.07) is 12.7. The zero-order valence-electron chi connectivity index (χ0n) is 18.1. The highest BCUT2D eigenvalue weighted by Crippen LogP contribution is 2.22. The predicted molar refractivity (Wildman–Crippen MR) is 121 cm³/mol. The molecule has 0 fully saturated rings. The molecule has 0 amide bonds. The van der Waals surface area contributed by atoms with Gasteiger partial charge in [0.2, 0.25) is 10.0 Å². The van der Waals surface area contributed by atoms with E-state index in [1.807, 2.05) is 39.8 Å². The summed E-state index contributed by atoms with van der Waals surface area (Å²) in [4.78, 5) is 4.79. The minimum Gasteiger partial charge on any atom is -0.491 e. The minimum atomic E-state index is -3.66. The Bertz CT molecular complexity index is 955. The van der Waals surface area contributed by atoms with Gasteiger partial charge >= 0.3 is 0 Å². The number of guanidine groups is 1. The lowest BCUT2D eigenvalue weighted by Gasteiger charge is -2.15. The van der Waals surface area contributed by atoms with E-state index >= 15 is 0 Å². The smallest absolute Gasteiger partial charge is 0.238 e. The first-order valence-electron chi connectivity index (χ1n) is 10.1. The normalized spacial score (nSPS) is 12.1. The van der Waals surface area contributed by atoms with E-state index in [9.17, 15) is 8.42 Å². The molecule has 0 spiro atoms. The lowest BCUT2D eigenvalue weighted by atomic mass is 10.1. The molecule has 0 bridgehead atoms. The third kappa shape index (κ3) is 7.68. The van der Waals surface area contributed by atoms with Gasteiger partial charge in [0.15, 0.2) is 5.96 Å². The number of aryl methyl sites for hydroxylation is 1. The van der Waals surface area contributed by atoms with Crippen molar-refractivity contribution in [2.24, 2.45) is 10.1 Å². The molecule has 0 aliphatic carbocycles. The maximum absolute atomic E-state index is 11.3. The van der Waals surface area contributed by atoms with Crippen molar-refractivity contribution in [2.75, 3.05) is 13.1 Å². The van der Waals surface area contributed by atoms with Crippen LogP contribution >= 0.6 is 0 Å². The van der Waals surface area contributed by atoms with E-state index in [1.165, 1.54) is 12.1 Å². The van der Waals surface area contributed by atoms with Gasteiger partial charge in [-0.1, -0.05) is 24.3 Å². The van der Waals surface area contributed by atoms with E-state index < -0.39 is 10.0 Å². The highest BCUT2D eigenvalue weighted by Gasteiger charge is 2.08. The van der Waals surface area contributed by atoms with Crippen LogP contribution in [0.25, 0.3) is 0 Å². The summed E-state index contributed by atoms with van der Waals surface area (Å²) in [6.45, 7) is 9.99. The first-order chi connectivity index (χ1) is 14.2.